The smallest absolute Gasteiger partial charge is 0.315 e. The van der Waals surface area contributed by atoms with Crippen molar-refractivity contribution >= 4 is 0 Å². The van der Waals surface area contributed by atoms with Crippen LogP contribution < -0.4 is 5.32 Å². The molecule has 2 atom stereocenters. The molecule has 2 nitrogen and oxygen atoms in total. The number of fused-ring (bicyclic) bond motifs is 1. The quantitative estimate of drug-likeness (QED) is 0.857. The van der Waals surface area contributed by atoms with Crippen LogP contribution in [0.4, 0.5) is 13.2 Å². The molecule has 1 aliphatic heterocycles. The van der Waals surface area contributed by atoms with Gasteiger partial charge in [0.2, 0.25) is 0 Å². The van der Waals surface area contributed by atoms with E-state index in [9.17, 15) is 13.2 Å². The van der Waals surface area contributed by atoms with Crippen LogP contribution in [-0.2, 0) is 12.8 Å². The summed E-state index contributed by atoms with van der Waals surface area (Å²) in [5.41, 5.74) is 2.66. The van der Waals surface area contributed by atoms with Gasteiger partial charge in [-0.3, -0.25) is 4.90 Å². The first-order valence-electron chi connectivity index (χ1n) is 7.62. The summed E-state index contributed by atoms with van der Waals surface area (Å²) in [6, 6.07) is 8.54. The fraction of sp³-hybridized carbons (Fsp3) is 0.625. The second-order valence-corrected chi connectivity index (χ2v) is 6.10. The number of nitrogens with one attached hydrogen (secondary N) is 1. The molecule has 1 N–H and O–H groups in total. The van der Waals surface area contributed by atoms with Crippen molar-refractivity contribution in [3.8, 4) is 0 Å². The lowest BCUT2D eigenvalue weighted by Gasteiger charge is -2.36. The molecule has 1 saturated heterocycles. The minimum absolute atomic E-state index is 0.0449. The highest BCUT2D eigenvalue weighted by molar-refractivity contribution is 5.30. The maximum absolute atomic E-state index is 13.0. The Labute approximate surface area is 123 Å². The number of nitrogens with zero attached hydrogens (tertiary/aromatic N) is 1. The number of halogens is 3. The van der Waals surface area contributed by atoms with Gasteiger partial charge in [0.15, 0.2) is 0 Å². The van der Waals surface area contributed by atoms with Crippen LogP contribution in [0, 0.1) is 5.92 Å². The topological polar surface area (TPSA) is 15.3 Å². The minimum Gasteiger partial charge on any atom is -0.315 e. The largest absolute Gasteiger partial charge is 0.394 e. The van der Waals surface area contributed by atoms with Gasteiger partial charge in [-0.25, -0.2) is 0 Å². The van der Waals surface area contributed by atoms with Crippen LogP contribution in [0.1, 0.15) is 17.5 Å². The van der Waals surface area contributed by atoms with E-state index in [0.29, 0.717) is 13.1 Å². The zero-order valence-corrected chi connectivity index (χ0v) is 12.0. The SMILES string of the molecule is FC(F)(F)C1CNCCN(C2CCc3ccccc3C2)C1. The predicted octanol–water partition coefficient (Wildman–Crippen LogP) is 2.63. The standard InChI is InChI=1S/C16H21F3N2/c17-16(18,19)14-10-20-7-8-21(11-14)15-6-5-12-3-1-2-4-13(12)9-15/h1-4,14-15,20H,5-11H2. The summed E-state index contributed by atoms with van der Waals surface area (Å²) < 4.78 is 39.1. The molecule has 0 saturated carbocycles. The summed E-state index contributed by atoms with van der Waals surface area (Å²) in [6.07, 6.45) is -1.30. The molecule has 21 heavy (non-hydrogen) atoms. The molecule has 0 radical (unpaired) electrons. The van der Waals surface area contributed by atoms with Crippen LogP contribution in [-0.4, -0.2) is 43.3 Å². The Morgan fingerprint density at radius 1 is 1.14 bits per heavy atom. The summed E-state index contributed by atoms with van der Waals surface area (Å²) in [4.78, 5) is 2.05. The molecule has 1 fully saturated rings. The fourth-order valence-electron chi connectivity index (χ4n) is 3.48. The number of hydrogen-bond donors (Lipinski definition) is 1. The van der Waals surface area contributed by atoms with Crippen molar-refractivity contribution in [2.24, 2.45) is 5.92 Å². The van der Waals surface area contributed by atoms with E-state index in [0.717, 1.165) is 19.3 Å². The molecule has 2 aliphatic rings. The third-order valence-electron chi connectivity index (χ3n) is 4.72. The van der Waals surface area contributed by atoms with Crippen LogP contribution in [0.15, 0.2) is 24.3 Å². The lowest BCUT2D eigenvalue weighted by Crippen LogP contribution is -2.45. The molecule has 0 bridgehead atoms. The number of alkyl halides is 3. The van der Waals surface area contributed by atoms with Gasteiger partial charge in [0.05, 0.1) is 5.92 Å². The van der Waals surface area contributed by atoms with Gasteiger partial charge in [0.25, 0.3) is 0 Å². The molecule has 1 aromatic rings. The molecule has 3 rings (SSSR count). The van der Waals surface area contributed by atoms with Crippen molar-refractivity contribution in [1.82, 2.24) is 10.2 Å². The van der Waals surface area contributed by atoms with Gasteiger partial charge in [0, 0.05) is 32.2 Å². The Morgan fingerprint density at radius 3 is 2.67 bits per heavy atom. The average Bonchev–Trinajstić information content (AvgIpc) is 2.72. The number of rotatable bonds is 1. The highest BCUT2D eigenvalue weighted by Crippen LogP contribution is 2.30. The molecule has 1 aliphatic carbocycles. The third-order valence-corrected chi connectivity index (χ3v) is 4.72. The van der Waals surface area contributed by atoms with E-state index in [1.807, 2.05) is 17.0 Å². The molecular formula is C16H21F3N2. The lowest BCUT2D eigenvalue weighted by atomic mass is 9.87. The highest BCUT2D eigenvalue weighted by atomic mass is 19.4. The molecule has 1 heterocycles. The van der Waals surface area contributed by atoms with E-state index in [2.05, 4.69) is 17.4 Å². The van der Waals surface area contributed by atoms with Gasteiger partial charge >= 0.3 is 6.18 Å². The monoisotopic (exact) mass is 298 g/mol. The van der Waals surface area contributed by atoms with Gasteiger partial charge in [-0.1, -0.05) is 24.3 Å². The first-order valence-corrected chi connectivity index (χ1v) is 7.62. The lowest BCUT2D eigenvalue weighted by molar-refractivity contribution is -0.177. The van der Waals surface area contributed by atoms with Crippen LogP contribution in [0.3, 0.4) is 0 Å². The van der Waals surface area contributed by atoms with Gasteiger partial charge in [-0.15, -0.1) is 0 Å². The van der Waals surface area contributed by atoms with Crippen molar-refractivity contribution < 1.29 is 13.2 Å². The molecule has 2 unspecified atom stereocenters. The number of benzene rings is 1. The third kappa shape index (κ3) is 3.40. The van der Waals surface area contributed by atoms with Gasteiger partial charge < -0.3 is 5.32 Å². The summed E-state index contributed by atoms with van der Waals surface area (Å²) in [5.74, 6) is -1.25. The summed E-state index contributed by atoms with van der Waals surface area (Å²) in [7, 11) is 0. The van der Waals surface area contributed by atoms with E-state index in [4.69, 9.17) is 0 Å². The van der Waals surface area contributed by atoms with Crippen LogP contribution >= 0.6 is 0 Å². The molecule has 0 spiro atoms. The summed E-state index contributed by atoms with van der Waals surface area (Å²) in [6.45, 7) is 1.52. The maximum Gasteiger partial charge on any atom is 0.394 e. The van der Waals surface area contributed by atoms with Gasteiger partial charge in [0.1, 0.15) is 0 Å². The first-order chi connectivity index (χ1) is 10.0. The van der Waals surface area contributed by atoms with Crippen molar-refractivity contribution in [3.63, 3.8) is 0 Å². The molecular weight excluding hydrogens is 277 g/mol. The second-order valence-electron chi connectivity index (χ2n) is 6.10. The Morgan fingerprint density at radius 2 is 1.90 bits per heavy atom. The Balaban J connectivity index is 1.71. The molecule has 5 heteroatoms. The molecule has 116 valence electrons. The van der Waals surface area contributed by atoms with Crippen LogP contribution in [0.25, 0.3) is 0 Å². The highest BCUT2D eigenvalue weighted by Gasteiger charge is 2.42. The molecule has 0 amide bonds. The fourth-order valence-corrected chi connectivity index (χ4v) is 3.48. The normalized spacial score (nSPS) is 28.0. The van der Waals surface area contributed by atoms with E-state index in [1.165, 1.54) is 11.1 Å². The predicted molar refractivity (Wildman–Crippen MR) is 76.2 cm³/mol. The Kier molecular flexibility index (Phi) is 4.22. The van der Waals surface area contributed by atoms with Crippen LogP contribution in [0.5, 0.6) is 0 Å². The number of aryl methyl sites for hydroxylation is 1. The van der Waals surface area contributed by atoms with Crippen molar-refractivity contribution in [2.75, 3.05) is 26.2 Å². The second kappa shape index (κ2) is 5.97. The number of hydrogen-bond acceptors (Lipinski definition) is 2. The van der Waals surface area contributed by atoms with Crippen molar-refractivity contribution in [3.05, 3.63) is 35.4 Å². The average molecular weight is 298 g/mol. The van der Waals surface area contributed by atoms with E-state index in [1.54, 1.807) is 0 Å². The van der Waals surface area contributed by atoms with E-state index < -0.39 is 12.1 Å². The van der Waals surface area contributed by atoms with E-state index in [-0.39, 0.29) is 19.1 Å². The van der Waals surface area contributed by atoms with Crippen molar-refractivity contribution in [2.45, 2.75) is 31.5 Å². The molecule has 0 aromatic heterocycles. The maximum atomic E-state index is 13.0. The zero-order chi connectivity index (χ0) is 14.9. The Bertz CT molecular complexity index is 487. The van der Waals surface area contributed by atoms with Crippen LogP contribution in [0.2, 0.25) is 0 Å². The Hall–Kier alpha value is -1.07. The zero-order valence-electron chi connectivity index (χ0n) is 12.0. The van der Waals surface area contributed by atoms with Crippen molar-refractivity contribution in [1.29, 1.82) is 0 Å². The summed E-state index contributed by atoms with van der Waals surface area (Å²) >= 11 is 0. The van der Waals surface area contributed by atoms with Gasteiger partial charge in [-0.2, -0.15) is 13.2 Å². The summed E-state index contributed by atoms with van der Waals surface area (Å²) in [5, 5.41) is 2.93. The molecule has 1 aromatic carbocycles. The van der Waals surface area contributed by atoms with E-state index >= 15 is 0 Å². The minimum atomic E-state index is -4.11. The van der Waals surface area contributed by atoms with Gasteiger partial charge in [-0.05, 0) is 30.4 Å². The first kappa shape index (κ1) is 14.9.